The van der Waals surface area contributed by atoms with Gasteiger partial charge >= 0.3 is 6.09 Å². The predicted molar refractivity (Wildman–Crippen MR) is 106 cm³/mol. The number of hydrogen-bond acceptors (Lipinski definition) is 6. The van der Waals surface area contributed by atoms with Crippen LogP contribution in [0, 0.1) is 10.1 Å². The molecule has 0 heterocycles. The Labute approximate surface area is 177 Å². The van der Waals surface area contributed by atoms with Crippen molar-refractivity contribution >= 4 is 35.2 Å². The highest BCUT2D eigenvalue weighted by Crippen LogP contribution is 2.36. The Bertz CT molecular complexity index is 872. The van der Waals surface area contributed by atoms with E-state index >= 15 is 0 Å². The molecule has 0 aliphatic heterocycles. The van der Waals surface area contributed by atoms with Gasteiger partial charge in [-0.15, -0.1) is 0 Å². The highest BCUT2D eigenvalue weighted by Gasteiger charge is 2.50. The van der Waals surface area contributed by atoms with Crippen LogP contribution in [0.5, 0.6) is 0 Å². The average Bonchev–Trinajstić information content (AvgIpc) is 3.33. The van der Waals surface area contributed by atoms with Crippen LogP contribution in [0.2, 0.25) is 5.02 Å². The molecule has 0 radical (unpaired) electrons. The van der Waals surface area contributed by atoms with Crippen molar-refractivity contribution < 1.29 is 28.4 Å². The minimum absolute atomic E-state index is 0.0795. The van der Waals surface area contributed by atoms with Crippen molar-refractivity contribution in [2.75, 3.05) is 0 Å². The maximum absolute atomic E-state index is 13.8. The number of halogens is 2. The molecule has 0 unspecified atom stereocenters. The van der Waals surface area contributed by atoms with Gasteiger partial charge in [0, 0.05) is 12.5 Å². The van der Waals surface area contributed by atoms with E-state index in [1.807, 2.05) is 0 Å². The van der Waals surface area contributed by atoms with Crippen LogP contribution in [0.4, 0.5) is 14.9 Å². The number of alkyl halides is 1. The van der Waals surface area contributed by atoms with Gasteiger partial charge in [0.1, 0.15) is 23.4 Å². The third-order valence-electron chi connectivity index (χ3n) is 4.27. The fraction of sp³-hybridized carbons (Fsp3) is 0.526. The molecule has 11 heteroatoms. The molecule has 1 aromatic carbocycles. The topological polar surface area (TPSA) is 119 Å². The number of nitrogens with one attached hydrogen (secondary N) is 1. The summed E-state index contributed by atoms with van der Waals surface area (Å²) in [6.45, 7) is 6.50. The molecule has 3 amide bonds. The summed E-state index contributed by atoms with van der Waals surface area (Å²) in [6, 6.07) is 1.34. The van der Waals surface area contributed by atoms with E-state index in [1.54, 1.807) is 27.7 Å². The minimum atomic E-state index is -1.46. The molecule has 3 atom stereocenters. The predicted octanol–water partition coefficient (Wildman–Crippen LogP) is 3.63. The Kier molecular flexibility index (Phi) is 7.02. The summed E-state index contributed by atoms with van der Waals surface area (Å²) < 4.78 is 19.0. The molecule has 1 saturated carbocycles. The Morgan fingerprint density at radius 2 is 2.00 bits per heavy atom. The number of nitro groups is 1. The number of carbonyl (C=O) groups is 3. The van der Waals surface area contributed by atoms with Crippen molar-refractivity contribution in [3.05, 3.63) is 38.9 Å². The average molecular weight is 444 g/mol. The highest BCUT2D eigenvalue weighted by atomic mass is 35.5. The fourth-order valence-corrected chi connectivity index (χ4v) is 3.04. The molecule has 0 spiro atoms. The third-order valence-corrected chi connectivity index (χ3v) is 4.58. The van der Waals surface area contributed by atoms with E-state index in [4.69, 9.17) is 16.3 Å². The molecule has 9 nitrogen and oxygen atoms in total. The molecule has 1 N–H and O–H groups in total. The van der Waals surface area contributed by atoms with Gasteiger partial charge in [-0.3, -0.25) is 24.6 Å². The van der Waals surface area contributed by atoms with Crippen molar-refractivity contribution in [1.29, 1.82) is 0 Å². The van der Waals surface area contributed by atoms with Crippen LogP contribution in [-0.2, 0) is 9.53 Å². The zero-order valence-electron chi connectivity index (χ0n) is 17.0. The van der Waals surface area contributed by atoms with Gasteiger partial charge in [-0.1, -0.05) is 24.6 Å². The van der Waals surface area contributed by atoms with Gasteiger partial charge in [-0.2, -0.15) is 0 Å². The number of ether oxygens (including phenoxy) is 1. The molecule has 0 saturated heterocycles. The maximum Gasteiger partial charge on any atom is 0.408 e. The number of rotatable bonds is 6. The Morgan fingerprint density at radius 1 is 1.40 bits per heavy atom. The van der Waals surface area contributed by atoms with E-state index in [9.17, 15) is 28.9 Å². The lowest BCUT2D eigenvalue weighted by Gasteiger charge is -2.27. The van der Waals surface area contributed by atoms with E-state index in [-0.39, 0.29) is 17.9 Å². The summed E-state index contributed by atoms with van der Waals surface area (Å²) >= 11 is 6.00. The Balaban J connectivity index is 2.36. The van der Waals surface area contributed by atoms with Crippen LogP contribution in [0.3, 0.4) is 0 Å². The quantitative estimate of drug-likeness (QED) is 0.529. The van der Waals surface area contributed by atoms with E-state index in [0.29, 0.717) is 4.90 Å². The third kappa shape index (κ3) is 5.44. The van der Waals surface area contributed by atoms with Gasteiger partial charge in [0.15, 0.2) is 0 Å². The van der Waals surface area contributed by atoms with Crippen LogP contribution in [0.1, 0.15) is 50.9 Å². The van der Waals surface area contributed by atoms with Crippen molar-refractivity contribution in [2.45, 2.75) is 64.4 Å². The number of nitrogens with zero attached hydrogens (tertiary/aromatic N) is 2. The molecule has 1 aromatic rings. The molecule has 30 heavy (non-hydrogen) atoms. The van der Waals surface area contributed by atoms with Gasteiger partial charge in [0.25, 0.3) is 17.5 Å². The number of benzene rings is 1. The lowest BCUT2D eigenvalue weighted by atomic mass is 10.1. The van der Waals surface area contributed by atoms with Gasteiger partial charge in [-0.05, 0) is 33.3 Å². The van der Waals surface area contributed by atoms with E-state index in [2.05, 4.69) is 5.32 Å². The number of imide groups is 1. The monoisotopic (exact) mass is 443 g/mol. The Morgan fingerprint density at radius 3 is 2.47 bits per heavy atom. The molecular weight excluding hydrogens is 421 g/mol. The van der Waals surface area contributed by atoms with Crippen molar-refractivity contribution in [3.63, 3.8) is 0 Å². The molecule has 0 bridgehead atoms. The molecule has 2 rings (SSSR count). The highest BCUT2D eigenvalue weighted by molar-refractivity contribution is 6.35. The van der Waals surface area contributed by atoms with Gasteiger partial charge in [-0.25, -0.2) is 9.18 Å². The summed E-state index contributed by atoms with van der Waals surface area (Å²) in [5, 5.41) is 13.5. The molecular formula is C19H23ClFN3O6. The number of nitro benzene ring substituents is 1. The van der Waals surface area contributed by atoms with Crippen molar-refractivity contribution in [3.8, 4) is 0 Å². The lowest BCUT2D eigenvalue weighted by molar-refractivity contribution is -0.385. The number of alkyl carbamates (subject to hydrolysis) is 1. The zero-order chi connectivity index (χ0) is 22.8. The SMILES string of the molecule is CC[C@H](NC(=O)OC(C)(C)C)C(=O)N(C(=O)c1c(Cl)cccc1[N+](=O)[O-])[C@@H]1C[C@@H]1F. The summed E-state index contributed by atoms with van der Waals surface area (Å²) in [4.78, 5) is 49.4. The first kappa shape index (κ1) is 23.5. The zero-order valence-corrected chi connectivity index (χ0v) is 17.7. The summed E-state index contributed by atoms with van der Waals surface area (Å²) in [5.41, 5.74) is -1.93. The summed E-state index contributed by atoms with van der Waals surface area (Å²) in [7, 11) is 0. The second-order valence-electron chi connectivity index (χ2n) is 7.83. The van der Waals surface area contributed by atoms with Gasteiger partial charge in [0.2, 0.25) is 0 Å². The van der Waals surface area contributed by atoms with Crippen LogP contribution >= 0.6 is 11.6 Å². The van der Waals surface area contributed by atoms with Crippen molar-refractivity contribution in [1.82, 2.24) is 10.2 Å². The normalized spacial score (nSPS) is 18.9. The Hall–Kier alpha value is -2.75. The first-order valence-corrected chi connectivity index (χ1v) is 9.69. The molecule has 0 aromatic heterocycles. The summed E-state index contributed by atoms with van der Waals surface area (Å²) in [6.07, 6.45) is -2.36. The fourth-order valence-electron chi connectivity index (χ4n) is 2.79. The van der Waals surface area contributed by atoms with E-state index in [0.717, 1.165) is 6.07 Å². The first-order chi connectivity index (χ1) is 13.9. The molecule has 1 aliphatic carbocycles. The van der Waals surface area contributed by atoms with Crippen molar-refractivity contribution in [2.24, 2.45) is 0 Å². The first-order valence-electron chi connectivity index (χ1n) is 9.31. The number of carbonyl (C=O) groups excluding carboxylic acids is 3. The van der Waals surface area contributed by atoms with E-state index in [1.165, 1.54) is 12.1 Å². The number of amides is 3. The second kappa shape index (κ2) is 8.95. The van der Waals surface area contributed by atoms with Gasteiger partial charge in [0.05, 0.1) is 16.0 Å². The minimum Gasteiger partial charge on any atom is -0.444 e. The largest absolute Gasteiger partial charge is 0.444 e. The van der Waals surface area contributed by atoms with Crippen LogP contribution in [-0.4, -0.2) is 51.6 Å². The van der Waals surface area contributed by atoms with Gasteiger partial charge < -0.3 is 10.1 Å². The van der Waals surface area contributed by atoms with Crippen LogP contribution < -0.4 is 5.32 Å². The smallest absolute Gasteiger partial charge is 0.408 e. The standard InChI is InChI=1S/C19H23ClFN3O6/c1-5-12(22-18(27)30-19(2,3)4)16(25)23(14-9-11(14)21)17(26)15-10(20)7-6-8-13(15)24(28)29/h6-8,11-12,14H,5,9H2,1-4H3,(H,22,27)/t11-,12-,14+/m0/s1. The van der Waals surface area contributed by atoms with E-state index < -0.39 is 57.9 Å². The molecule has 1 fully saturated rings. The summed E-state index contributed by atoms with van der Waals surface area (Å²) in [5.74, 6) is -1.99. The van der Waals surface area contributed by atoms with Crippen LogP contribution in [0.15, 0.2) is 18.2 Å². The second-order valence-corrected chi connectivity index (χ2v) is 8.24. The lowest BCUT2D eigenvalue weighted by Crippen LogP contribution is -2.52. The molecule has 164 valence electrons. The number of hydrogen-bond donors (Lipinski definition) is 1. The molecule has 1 aliphatic rings. The maximum atomic E-state index is 13.8. The van der Waals surface area contributed by atoms with Crippen LogP contribution in [0.25, 0.3) is 0 Å².